The summed E-state index contributed by atoms with van der Waals surface area (Å²) >= 11 is 0. The molecule has 0 atom stereocenters. The molecule has 0 aliphatic rings. The Balaban J connectivity index is 1.46. The smallest absolute Gasteiger partial charge is 0.256 e. The van der Waals surface area contributed by atoms with Crippen molar-refractivity contribution in [3.63, 3.8) is 0 Å². The first-order valence-electron chi connectivity index (χ1n) is 8.63. The van der Waals surface area contributed by atoms with E-state index in [1.54, 1.807) is 35.3 Å². The number of benzene rings is 2. The third kappa shape index (κ3) is 3.77. The minimum Gasteiger partial charge on any atom is -0.307 e. The number of pyridine rings is 1. The van der Waals surface area contributed by atoms with Gasteiger partial charge in [-0.3, -0.25) is 4.79 Å². The van der Waals surface area contributed by atoms with Crippen molar-refractivity contribution < 1.29 is 4.79 Å². The predicted octanol–water partition coefficient (Wildman–Crippen LogP) is 4.50. The lowest BCUT2D eigenvalue weighted by Gasteiger charge is -2.07. The zero-order valence-corrected chi connectivity index (χ0v) is 14.8. The Morgan fingerprint density at radius 2 is 1.67 bits per heavy atom. The number of anilines is 1. The fourth-order valence-corrected chi connectivity index (χ4v) is 2.78. The van der Waals surface area contributed by atoms with Gasteiger partial charge in [0, 0.05) is 23.5 Å². The van der Waals surface area contributed by atoms with E-state index in [9.17, 15) is 4.79 Å². The molecule has 2 heterocycles. The minimum atomic E-state index is -0.196. The van der Waals surface area contributed by atoms with Gasteiger partial charge < -0.3 is 5.32 Å². The van der Waals surface area contributed by atoms with Crippen molar-refractivity contribution in [2.24, 2.45) is 0 Å². The summed E-state index contributed by atoms with van der Waals surface area (Å²) in [5.74, 6) is 0.324. The average molecular weight is 354 g/mol. The van der Waals surface area contributed by atoms with Crippen molar-refractivity contribution in [1.82, 2.24) is 14.8 Å². The Labute approximate surface area is 157 Å². The molecule has 1 N–H and O–H groups in total. The highest BCUT2D eigenvalue weighted by molar-refractivity contribution is 6.03. The van der Waals surface area contributed by atoms with Crippen LogP contribution in [0.1, 0.15) is 15.9 Å². The van der Waals surface area contributed by atoms with Gasteiger partial charge in [0.1, 0.15) is 5.82 Å². The molecular weight excluding hydrogens is 336 g/mol. The average Bonchev–Trinajstić information content (AvgIpc) is 3.16. The van der Waals surface area contributed by atoms with Gasteiger partial charge in [0.05, 0.1) is 11.9 Å². The minimum absolute atomic E-state index is 0.196. The van der Waals surface area contributed by atoms with Gasteiger partial charge in [0.2, 0.25) is 0 Å². The predicted molar refractivity (Wildman–Crippen MR) is 106 cm³/mol. The van der Waals surface area contributed by atoms with Crippen molar-refractivity contribution in [1.29, 1.82) is 0 Å². The Bertz CT molecular complexity index is 1050. The van der Waals surface area contributed by atoms with E-state index in [0.717, 1.165) is 22.4 Å². The van der Waals surface area contributed by atoms with Crippen LogP contribution in [-0.2, 0) is 0 Å². The quantitative estimate of drug-likeness (QED) is 0.587. The molecular formula is C22H18N4O. The van der Waals surface area contributed by atoms with Gasteiger partial charge in [-0.2, -0.15) is 5.10 Å². The molecule has 0 fully saturated rings. The number of nitrogens with zero attached hydrogens (tertiary/aromatic N) is 3. The molecule has 2 aromatic carbocycles. The third-order valence-corrected chi connectivity index (χ3v) is 4.22. The SMILES string of the molecule is Cc1cnn(-c2ccc(C(=O)Nc3ccc(-c4ccccc4)cn3)cc2)c1. The standard InChI is InChI=1S/C22H18N4O/c1-16-13-24-26(15-16)20-10-7-18(8-11-20)22(27)25-21-12-9-19(14-23-21)17-5-3-2-4-6-17/h2-15H,1H3,(H,23,25,27). The zero-order chi connectivity index (χ0) is 18.6. The van der Waals surface area contributed by atoms with E-state index in [0.29, 0.717) is 11.4 Å². The van der Waals surface area contributed by atoms with E-state index in [1.807, 2.05) is 61.7 Å². The third-order valence-electron chi connectivity index (χ3n) is 4.22. The molecule has 27 heavy (non-hydrogen) atoms. The molecule has 5 nitrogen and oxygen atoms in total. The highest BCUT2D eigenvalue weighted by atomic mass is 16.1. The summed E-state index contributed by atoms with van der Waals surface area (Å²) < 4.78 is 1.78. The fraction of sp³-hybridized carbons (Fsp3) is 0.0455. The van der Waals surface area contributed by atoms with E-state index in [2.05, 4.69) is 15.4 Å². The van der Waals surface area contributed by atoms with Crippen LogP contribution in [0.15, 0.2) is 85.3 Å². The van der Waals surface area contributed by atoms with Gasteiger partial charge in [-0.1, -0.05) is 30.3 Å². The maximum Gasteiger partial charge on any atom is 0.256 e. The van der Waals surface area contributed by atoms with Crippen LogP contribution in [0.3, 0.4) is 0 Å². The summed E-state index contributed by atoms with van der Waals surface area (Å²) in [4.78, 5) is 16.8. The first-order valence-corrected chi connectivity index (χ1v) is 8.63. The fourth-order valence-electron chi connectivity index (χ4n) is 2.78. The first-order chi connectivity index (χ1) is 13.2. The number of carbonyl (C=O) groups excluding carboxylic acids is 1. The molecule has 0 saturated heterocycles. The molecule has 132 valence electrons. The van der Waals surface area contributed by atoms with E-state index in [1.165, 1.54) is 0 Å². The molecule has 4 aromatic rings. The van der Waals surface area contributed by atoms with Gasteiger partial charge in [-0.15, -0.1) is 0 Å². The zero-order valence-electron chi connectivity index (χ0n) is 14.8. The normalized spacial score (nSPS) is 10.6. The van der Waals surface area contributed by atoms with E-state index < -0.39 is 0 Å². The molecule has 4 rings (SSSR count). The lowest BCUT2D eigenvalue weighted by Crippen LogP contribution is -2.13. The van der Waals surface area contributed by atoms with Crippen molar-refractivity contribution in [2.75, 3.05) is 5.32 Å². The van der Waals surface area contributed by atoms with Crippen molar-refractivity contribution in [3.05, 3.63) is 96.4 Å². The van der Waals surface area contributed by atoms with Crippen LogP contribution in [0.4, 0.5) is 5.82 Å². The highest BCUT2D eigenvalue weighted by Crippen LogP contribution is 2.19. The molecule has 1 amide bonds. The number of hydrogen-bond donors (Lipinski definition) is 1. The summed E-state index contributed by atoms with van der Waals surface area (Å²) in [5.41, 5.74) is 4.66. The molecule has 0 bridgehead atoms. The highest BCUT2D eigenvalue weighted by Gasteiger charge is 2.08. The van der Waals surface area contributed by atoms with Gasteiger partial charge in [-0.25, -0.2) is 9.67 Å². The van der Waals surface area contributed by atoms with Crippen LogP contribution in [0.25, 0.3) is 16.8 Å². The molecule has 0 unspecified atom stereocenters. The van der Waals surface area contributed by atoms with Crippen molar-refractivity contribution >= 4 is 11.7 Å². The molecule has 0 aliphatic carbocycles. The number of amides is 1. The Morgan fingerprint density at radius 3 is 2.30 bits per heavy atom. The monoisotopic (exact) mass is 354 g/mol. The van der Waals surface area contributed by atoms with Crippen LogP contribution < -0.4 is 5.32 Å². The molecule has 0 spiro atoms. The molecule has 0 radical (unpaired) electrons. The number of aryl methyl sites for hydroxylation is 1. The van der Waals surface area contributed by atoms with E-state index in [-0.39, 0.29) is 5.91 Å². The topological polar surface area (TPSA) is 59.8 Å². The molecule has 0 aliphatic heterocycles. The second kappa shape index (κ2) is 7.25. The summed E-state index contributed by atoms with van der Waals surface area (Å²) in [5, 5.41) is 7.10. The Kier molecular flexibility index (Phi) is 4.49. The first kappa shape index (κ1) is 16.7. The Morgan fingerprint density at radius 1 is 0.889 bits per heavy atom. The number of nitrogens with one attached hydrogen (secondary N) is 1. The molecule has 5 heteroatoms. The summed E-state index contributed by atoms with van der Waals surface area (Å²) in [6.45, 7) is 1.99. The summed E-state index contributed by atoms with van der Waals surface area (Å²) in [6, 6.07) is 21.0. The second-order valence-electron chi connectivity index (χ2n) is 6.26. The van der Waals surface area contributed by atoms with E-state index in [4.69, 9.17) is 0 Å². The number of hydrogen-bond acceptors (Lipinski definition) is 3. The largest absolute Gasteiger partial charge is 0.307 e. The summed E-state index contributed by atoms with van der Waals surface area (Å²) in [7, 11) is 0. The molecule has 0 saturated carbocycles. The van der Waals surface area contributed by atoms with Crippen molar-refractivity contribution in [2.45, 2.75) is 6.92 Å². The maximum absolute atomic E-state index is 12.4. The molecule has 2 aromatic heterocycles. The number of rotatable bonds is 4. The summed E-state index contributed by atoms with van der Waals surface area (Å²) in [6.07, 6.45) is 5.49. The maximum atomic E-state index is 12.4. The van der Waals surface area contributed by atoms with Gasteiger partial charge in [0.15, 0.2) is 0 Å². The van der Waals surface area contributed by atoms with Crippen LogP contribution in [-0.4, -0.2) is 20.7 Å². The van der Waals surface area contributed by atoms with Crippen LogP contribution in [0.5, 0.6) is 0 Å². The van der Waals surface area contributed by atoms with Crippen molar-refractivity contribution in [3.8, 4) is 16.8 Å². The van der Waals surface area contributed by atoms with Crippen LogP contribution >= 0.6 is 0 Å². The van der Waals surface area contributed by atoms with Crippen LogP contribution in [0.2, 0.25) is 0 Å². The lowest BCUT2D eigenvalue weighted by molar-refractivity contribution is 0.102. The number of carbonyl (C=O) groups is 1. The lowest BCUT2D eigenvalue weighted by atomic mass is 10.1. The Hall–Kier alpha value is -3.73. The van der Waals surface area contributed by atoms with Gasteiger partial charge in [-0.05, 0) is 54.4 Å². The van der Waals surface area contributed by atoms with Crippen LogP contribution in [0, 0.1) is 6.92 Å². The van der Waals surface area contributed by atoms with Gasteiger partial charge >= 0.3 is 0 Å². The number of aromatic nitrogens is 3. The second-order valence-corrected chi connectivity index (χ2v) is 6.26. The van der Waals surface area contributed by atoms with E-state index >= 15 is 0 Å². The van der Waals surface area contributed by atoms with Gasteiger partial charge in [0.25, 0.3) is 5.91 Å².